The Morgan fingerprint density at radius 1 is 1.41 bits per heavy atom. The van der Waals surface area contributed by atoms with Crippen molar-refractivity contribution in [3.8, 4) is 0 Å². The van der Waals surface area contributed by atoms with Crippen molar-refractivity contribution in [3.05, 3.63) is 16.4 Å². The molecular weight excluding hydrogens is 326 g/mol. The van der Waals surface area contributed by atoms with Crippen molar-refractivity contribution in [2.45, 2.75) is 63.9 Å². The maximum absolute atomic E-state index is 12.6. The molecule has 0 amide bonds. The molecule has 0 bridgehead atoms. The van der Waals surface area contributed by atoms with Gasteiger partial charge in [0.05, 0.1) is 5.75 Å². The number of rotatable bonds is 4. The van der Waals surface area contributed by atoms with Crippen molar-refractivity contribution in [1.29, 1.82) is 0 Å². The van der Waals surface area contributed by atoms with Crippen molar-refractivity contribution < 1.29 is 13.3 Å². The molecular formula is C14H20ClN3O3S. The standard InChI is InChI=1S/C14H20ClN3O3S/c1-4-18-12(9-5-6-9)10(13(15)16-18)8-22(19,20)11-7-14(2,3)21-17-11/h9H,4-8H2,1-3H3. The number of sulfone groups is 1. The summed E-state index contributed by atoms with van der Waals surface area (Å²) < 4.78 is 27.1. The number of nitrogens with zero attached hydrogens (tertiary/aromatic N) is 3. The molecule has 3 rings (SSSR count). The Labute approximate surface area is 135 Å². The van der Waals surface area contributed by atoms with Crippen molar-refractivity contribution >= 4 is 26.5 Å². The number of hydrogen-bond donors (Lipinski definition) is 0. The fourth-order valence-electron chi connectivity index (χ4n) is 2.71. The first kappa shape index (κ1) is 15.8. The number of aromatic nitrogens is 2. The van der Waals surface area contributed by atoms with E-state index < -0.39 is 15.4 Å². The fraction of sp³-hybridized carbons (Fsp3) is 0.714. The van der Waals surface area contributed by atoms with Gasteiger partial charge in [-0.2, -0.15) is 5.10 Å². The number of aryl methyl sites for hydroxylation is 1. The average Bonchev–Trinajstić information content (AvgIpc) is 3.12. The lowest BCUT2D eigenvalue weighted by atomic mass is 10.1. The van der Waals surface area contributed by atoms with Crippen LogP contribution in [0.1, 0.15) is 57.2 Å². The second-order valence-electron chi connectivity index (χ2n) is 6.52. The van der Waals surface area contributed by atoms with Crippen LogP contribution in [0.2, 0.25) is 5.15 Å². The minimum absolute atomic E-state index is 0.0968. The zero-order valence-electron chi connectivity index (χ0n) is 13.0. The molecule has 122 valence electrons. The minimum Gasteiger partial charge on any atom is -0.389 e. The first-order valence-corrected chi connectivity index (χ1v) is 9.49. The van der Waals surface area contributed by atoms with Crippen LogP contribution in [0.25, 0.3) is 0 Å². The van der Waals surface area contributed by atoms with Gasteiger partial charge in [-0.25, -0.2) is 8.42 Å². The molecule has 22 heavy (non-hydrogen) atoms. The Kier molecular flexibility index (Phi) is 3.76. The normalized spacial score (nSPS) is 20.8. The van der Waals surface area contributed by atoms with Gasteiger partial charge < -0.3 is 4.84 Å². The summed E-state index contributed by atoms with van der Waals surface area (Å²) in [5, 5.41) is 8.42. The molecule has 1 saturated carbocycles. The summed E-state index contributed by atoms with van der Waals surface area (Å²) in [7, 11) is -3.54. The van der Waals surface area contributed by atoms with E-state index in [1.54, 1.807) is 0 Å². The summed E-state index contributed by atoms with van der Waals surface area (Å²) >= 11 is 6.20. The van der Waals surface area contributed by atoms with Crippen LogP contribution in [0.15, 0.2) is 5.16 Å². The van der Waals surface area contributed by atoms with Crippen molar-refractivity contribution in [2.75, 3.05) is 0 Å². The van der Waals surface area contributed by atoms with Gasteiger partial charge in [-0.15, -0.1) is 0 Å². The Morgan fingerprint density at radius 3 is 2.59 bits per heavy atom. The molecule has 1 fully saturated rings. The number of hydrogen-bond acceptors (Lipinski definition) is 5. The number of halogens is 1. The van der Waals surface area contributed by atoms with Gasteiger partial charge in [0, 0.05) is 30.1 Å². The summed E-state index contributed by atoms with van der Waals surface area (Å²) in [5.74, 6) is 0.221. The molecule has 6 nitrogen and oxygen atoms in total. The van der Waals surface area contributed by atoms with E-state index in [2.05, 4.69) is 10.3 Å². The summed E-state index contributed by atoms with van der Waals surface area (Å²) in [4.78, 5) is 5.18. The van der Waals surface area contributed by atoms with E-state index in [9.17, 15) is 8.42 Å². The van der Waals surface area contributed by atoms with Gasteiger partial charge in [0.25, 0.3) is 0 Å². The van der Waals surface area contributed by atoms with E-state index in [1.807, 2.05) is 25.5 Å². The van der Waals surface area contributed by atoms with Crippen LogP contribution in [0.4, 0.5) is 0 Å². The topological polar surface area (TPSA) is 73.5 Å². The molecule has 1 aromatic heterocycles. The molecule has 8 heteroatoms. The van der Waals surface area contributed by atoms with E-state index in [0.29, 0.717) is 18.0 Å². The van der Waals surface area contributed by atoms with E-state index in [4.69, 9.17) is 16.4 Å². The summed E-state index contributed by atoms with van der Waals surface area (Å²) in [6.45, 7) is 6.29. The van der Waals surface area contributed by atoms with Gasteiger partial charge >= 0.3 is 0 Å². The second kappa shape index (κ2) is 5.23. The van der Waals surface area contributed by atoms with Crippen LogP contribution in [0.5, 0.6) is 0 Å². The maximum Gasteiger partial charge on any atom is 0.199 e. The van der Waals surface area contributed by atoms with E-state index in [1.165, 1.54) is 0 Å². The largest absolute Gasteiger partial charge is 0.389 e. The van der Waals surface area contributed by atoms with Crippen molar-refractivity contribution in [3.63, 3.8) is 0 Å². The fourth-order valence-corrected chi connectivity index (χ4v) is 4.60. The second-order valence-corrected chi connectivity index (χ2v) is 8.86. The molecule has 0 aromatic carbocycles. The molecule has 0 atom stereocenters. The van der Waals surface area contributed by atoms with E-state index >= 15 is 0 Å². The predicted octanol–water partition coefficient (Wildman–Crippen LogP) is 2.86. The molecule has 2 aliphatic rings. The van der Waals surface area contributed by atoms with E-state index in [0.717, 1.165) is 18.5 Å². The smallest absolute Gasteiger partial charge is 0.199 e. The summed E-state index contributed by atoms with van der Waals surface area (Å²) in [6, 6.07) is 0. The highest BCUT2D eigenvalue weighted by Crippen LogP contribution is 2.44. The van der Waals surface area contributed by atoms with Crippen LogP contribution in [0.3, 0.4) is 0 Å². The molecule has 2 heterocycles. The van der Waals surface area contributed by atoms with Crippen LogP contribution < -0.4 is 0 Å². The van der Waals surface area contributed by atoms with Crippen molar-refractivity contribution in [2.24, 2.45) is 5.16 Å². The maximum atomic E-state index is 12.6. The third-order valence-electron chi connectivity index (χ3n) is 3.97. The third-order valence-corrected chi connectivity index (χ3v) is 5.88. The van der Waals surface area contributed by atoms with Crippen LogP contribution >= 0.6 is 11.6 Å². The Morgan fingerprint density at radius 2 is 2.09 bits per heavy atom. The first-order valence-electron chi connectivity index (χ1n) is 7.46. The average molecular weight is 346 g/mol. The zero-order chi connectivity index (χ0) is 16.1. The SMILES string of the molecule is CCn1nc(Cl)c(CS(=O)(=O)C2=NOC(C)(C)C2)c1C1CC1. The summed E-state index contributed by atoms with van der Waals surface area (Å²) in [5.41, 5.74) is 1.02. The lowest BCUT2D eigenvalue weighted by molar-refractivity contribution is 0.0123. The van der Waals surface area contributed by atoms with Gasteiger partial charge in [-0.1, -0.05) is 16.8 Å². The molecule has 1 aromatic rings. The van der Waals surface area contributed by atoms with Crippen LogP contribution in [0, 0.1) is 0 Å². The molecule has 0 spiro atoms. The van der Waals surface area contributed by atoms with Gasteiger partial charge in [0.15, 0.2) is 20.0 Å². The van der Waals surface area contributed by atoms with Gasteiger partial charge in [-0.05, 0) is 33.6 Å². The molecule has 0 unspecified atom stereocenters. The molecule has 0 radical (unpaired) electrons. The van der Waals surface area contributed by atoms with Gasteiger partial charge in [0.2, 0.25) is 0 Å². The minimum atomic E-state index is -3.54. The lowest BCUT2D eigenvalue weighted by Crippen LogP contribution is -2.23. The van der Waals surface area contributed by atoms with Gasteiger partial charge in [0.1, 0.15) is 5.60 Å². The predicted molar refractivity (Wildman–Crippen MR) is 84.7 cm³/mol. The highest BCUT2D eigenvalue weighted by atomic mass is 35.5. The van der Waals surface area contributed by atoms with E-state index in [-0.39, 0.29) is 22.4 Å². The molecule has 0 saturated heterocycles. The lowest BCUT2D eigenvalue weighted by Gasteiger charge is -2.13. The highest BCUT2D eigenvalue weighted by Gasteiger charge is 2.39. The van der Waals surface area contributed by atoms with Crippen LogP contribution in [-0.4, -0.2) is 28.8 Å². The molecule has 1 aliphatic carbocycles. The van der Waals surface area contributed by atoms with Crippen LogP contribution in [-0.2, 0) is 27.0 Å². The third kappa shape index (κ3) is 2.88. The quantitative estimate of drug-likeness (QED) is 0.841. The van der Waals surface area contributed by atoms with Crippen molar-refractivity contribution in [1.82, 2.24) is 9.78 Å². The monoisotopic (exact) mass is 345 g/mol. The molecule has 1 aliphatic heterocycles. The molecule has 0 N–H and O–H groups in total. The highest BCUT2D eigenvalue weighted by molar-refractivity contribution is 8.05. The summed E-state index contributed by atoms with van der Waals surface area (Å²) in [6.07, 6.45) is 2.41. The van der Waals surface area contributed by atoms with Gasteiger partial charge in [-0.3, -0.25) is 4.68 Å². The Hall–Kier alpha value is -1.08. The Bertz CT molecular complexity index is 733. The first-order chi connectivity index (χ1) is 10.2. The zero-order valence-corrected chi connectivity index (χ0v) is 14.5. The number of oxime groups is 1. The Balaban J connectivity index is 1.92.